The third-order valence-electron chi connectivity index (χ3n) is 5.05. The summed E-state index contributed by atoms with van der Waals surface area (Å²) in [6.45, 7) is 0. The molecule has 0 saturated heterocycles. The van der Waals surface area contributed by atoms with Gasteiger partial charge in [0.2, 0.25) is 0 Å². The van der Waals surface area contributed by atoms with E-state index < -0.39 is 0 Å². The van der Waals surface area contributed by atoms with Crippen LogP contribution in [0.15, 0.2) is 91.0 Å². The van der Waals surface area contributed by atoms with E-state index in [2.05, 4.69) is 71.3 Å². The Morgan fingerprint density at radius 3 is 2.15 bits per heavy atom. The molecule has 0 fully saturated rings. The lowest BCUT2D eigenvalue weighted by Crippen LogP contribution is -1.97. The van der Waals surface area contributed by atoms with Crippen molar-refractivity contribution in [1.29, 1.82) is 0 Å². The topological polar surface area (TPSA) is 30.9 Å². The van der Waals surface area contributed by atoms with Gasteiger partial charge in [0.05, 0.1) is 21.7 Å². The third-order valence-corrected chi connectivity index (χ3v) is 5.38. The summed E-state index contributed by atoms with van der Waals surface area (Å²) in [4.78, 5) is 0. The summed E-state index contributed by atoms with van der Waals surface area (Å²) in [6, 6.07) is 31.1. The molecule has 3 heteroatoms. The molecule has 27 heavy (non-hydrogen) atoms. The van der Waals surface area contributed by atoms with Gasteiger partial charge in [0.1, 0.15) is 0 Å². The van der Waals surface area contributed by atoms with Gasteiger partial charge in [-0.25, -0.2) is 0 Å². The van der Waals surface area contributed by atoms with E-state index in [-0.39, 0.29) is 0 Å². The molecule has 0 aliphatic heterocycles. The molecular formula is C24H17ClN2. The zero-order valence-electron chi connectivity index (χ0n) is 14.6. The third kappa shape index (κ3) is 2.42. The van der Waals surface area contributed by atoms with Crippen LogP contribution in [0.5, 0.6) is 0 Å². The van der Waals surface area contributed by atoms with Crippen molar-refractivity contribution in [3.63, 3.8) is 0 Å². The quantitative estimate of drug-likeness (QED) is 0.346. The number of fused-ring (bicyclic) bond motifs is 3. The first-order valence-electron chi connectivity index (χ1n) is 8.87. The van der Waals surface area contributed by atoms with E-state index in [1.54, 1.807) is 0 Å². The van der Waals surface area contributed by atoms with Crippen LogP contribution in [0.2, 0.25) is 5.02 Å². The number of anilines is 1. The maximum absolute atomic E-state index is 6.35. The second kappa shape index (κ2) is 6.19. The highest BCUT2D eigenvalue weighted by Gasteiger charge is 2.17. The monoisotopic (exact) mass is 368 g/mol. The van der Waals surface area contributed by atoms with Crippen LogP contribution < -0.4 is 5.73 Å². The van der Waals surface area contributed by atoms with E-state index in [9.17, 15) is 0 Å². The molecule has 5 rings (SSSR count). The van der Waals surface area contributed by atoms with Gasteiger partial charge < -0.3 is 10.3 Å². The molecule has 0 unspecified atom stereocenters. The van der Waals surface area contributed by atoms with Gasteiger partial charge in [0, 0.05) is 27.6 Å². The number of nitrogen functional groups attached to an aromatic ring is 1. The molecule has 4 aromatic carbocycles. The maximum atomic E-state index is 6.35. The number of nitrogens with two attached hydrogens (primary N) is 1. The van der Waals surface area contributed by atoms with Crippen molar-refractivity contribution in [3.8, 4) is 16.8 Å². The van der Waals surface area contributed by atoms with Crippen LogP contribution in [0.25, 0.3) is 38.6 Å². The lowest BCUT2D eigenvalue weighted by atomic mass is 10.0. The molecule has 5 aromatic rings. The minimum atomic E-state index is 0.576. The summed E-state index contributed by atoms with van der Waals surface area (Å²) in [5.74, 6) is 0. The minimum absolute atomic E-state index is 0.576. The SMILES string of the molecule is Nc1c(Cl)cccc1-c1cccc2c3ccccc3n(-c3ccccc3)c12. The molecule has 1 aromatic heterocycles. The largest absolute Gasteiger partial charge is 0.397 e. The Hall–Kier alpha value is -3.23. The van der Waals surface area contributed by atoms with E-state index in [1.807, 2.05) is 24.3 Å². The summed E-state index contributed by atoms with van der Waals surface area (Å²) in [5, 5.41) is 3.00. The molecule has 1 heterocycles. The average molecular weight is 369 g/mol. The molecule has 130 valence electrons. The van der Waals surface area contributed by atoms with Gasteiger partial charge in [-0.15, -0.1) is 0 Å². The Morgan fingerprint density at radius 1 is 0.630 bits per heavy atom. The molecule has 0 atom stereocenters. The molecule has 0 spiro atoms. The molecule has 0 aliphatic carbocycles. The number of rotatable bonds is 2. The molecule has 0 aliphatic rings. The molecule has 0 amide bonds. The van der Waals surface area contributed by atoms with E-state index in [4.69, 9.17) is 17.3 Å². The minimum Gasteiger partial charge on any atom is -0.397 e. The van der Waals surface area contributed by atoms with Crippen molar-refractivity contribution in [2.24, 2.45) is 0 Å². The predicted octanol–water partition coefficient (Wildman–Crippen LogP) is 6.69. The summed E-state index contributed by atoms with van der Waals surface area (Å²) >= 11 is 6.32. The molecule has 2 N–H and O–H groups in total. The van der Waals surface area contributed by atoms with Gasteiger partial charge in [-0.1, -0.05) is 78.3 Å². The van der Waals surface area contributed by atoms with Crippen LogP contribution in [-0.2, 0) is 0 Å². The first kappa shape index (κ1) is 16.0. The molecule has 0 saturated carbocycles. The standard InChI is InChI=1S/C24H17ClN2/c25-21-14-7-11-18(23(21)26)20-13-6-12-19-17-10-4-5-15-22(17)27(24(19)20)16-8-2-1-3-9-16/h1-15H,26H2. The Labute approximate surface area is 162 Å². The Balaban J connectivity index is 1.99. The van der Waals surface area contributed by atoms with Crippen LogP contribution in [0.4, 0.5) is 5.69 Å². The summed E-state index contributed by atoms with van der Waals surface area (Å²) < 4.78 is 2.31. The highest BCUT2D eigenvalue weighted by molar-refractivity contribution is 6.34. The van der Waals surface area contributed by atoms with Crippen LogP contribution in [0, 0.1) is 0 Å². The highest BCUT2D eigenvalue weighted by Crippen LogP contribution is 2.40. The van der Waals surface area contributed by atoms with Crippen LogP contribution in [-0.4, -0.2) is 4.57 Å². The summed E-state index contributed by atoms with van der Waals surface area (Å²) in [6.07, 6.45) is 0. The lowest BCUT2D eigenvalue weighted by Gasteiger charge is -2.13. The van der Waals surface area contributed by atoms with Crippen LogP contribution >= 0.6 is 11.6 Å². The normalized spacial score (nSPS) is 11.3. The van der Waals surface area contributed by atoms with Crippen molar-refractivity contribution in [1.82, 2.24) is 4.57 Å². The Kier molecular flexibility index (Phi) is 3.66. The average Bonchev–Trinajstić information content (AvgIpc) is 3.05. The first-order valence-corrected chi connectivity index (χ1v) is 9.25. The van der Waals surface area contributed by atoms with Gasteiger partial charge >= 0.3 is 0 Å². The molecule has 0 bridgehead atoms. The Morgan fingerprint density at radius 2 is 1.30 bits per heavy atom. The van der Waals surface area contributed by atoms with Crippen molar-refractivity contribution in [3.05, 3.63) is 96.0 Å². The zero-order chi connectivity index (χ0) is 18.4. The van der Waals surface area contributed by atoms with Gasteiger partial charge in [-0.3, -0.25) is 0 Å². The second-order valence-corrected chi connectivity index (χ2v) is 7.00. The number of halogens is 1. The fraction of sp³-hybridized carbons (Fsp3) is 0. The van der Waals surface area contributed by atoms with E-state index in [0.717, 1.165) is 22.3 Å². The van der Waals surface area contributed by atoms with Gasteiger partial charge in [0.15, 0.2) is 0 Å². The van der Waals surface area contributed by atoms with Gasteiger partial charge in [-0.05, 0) is 24.3 Å². The first-order chi connectivity index (χ1) is 13.3. The van der Waals surface area contributed by atoms with E-state index in [1.165, 1.54) is 16.3 Å². The van der Waals surface area contributed by atoms with Crippen molar-refractivity contribution < 1.29 is 0 Å². The molecule has 0 radical (unpaired) electrons. The second-order valence-electron chi connectivity index (χ2n) is 6.59. The number of nitrogens with zero attached hydrogens (tertiary/aromatic N) is 1. The fourth-order valence-corrected chi connectivity index (χ4v) is 4.03. The summed E-state index contributed by atoms with van der Waals surface area (Å²) in [7, 11) is 0. The predicted molar refractivity (Wildman–Crippen MR) is 116 cm³/mol. The lowest BCUT2D eigenvalue weighted by molar-refractivity contribution is 1.18. The van der Waals surface area contributed by atoms with Crippen molar-refractivity contribution in [2.45, 2.75) is 0 Å². The van der Waals surface area contributed by atoms with Crippen LogP contribution in [0.1, 0.15) is 0 Å². The number of aromatic nitrogens is 1. The fourth-order valence-electron chi connectivity index (χ4n) is 3.85. The molecular weight excluding hydrogens is 352 g/mol. The van der Waals surface area contributed by atoms with E-state index in [0.29, 0.717) is 10.7 Å². The summed E-state index contributed by atoms with van der Waals surface area (Å²) in [5.41, 5.74) is 12.4. The Bertz CT molecular complexity index is 1290. The van der Waals surface area contributed by atoms with Gasteiger partial charge in [0.25, 0.3) is 0 Å². The maximum Gasteiger partial charge on any atom is 0.0641 e. The van der Waals surface area contributed by atoms with E-state index >= 15 is 0 Å². The smallest absolute Gasteiger partial charge is 0.0641 e. The zero-order valence-corrected chi connectivity index (χ0v) is 15.3. The number of benzene rings is 4. The van der Waals surface area contributed by atoms with Crippen molar-refractivity contribution in [2.75, 3.05) is 5.73 Å². The highest BCUT2D eigenvalue weighted by atomic mass is 35.5. The number of hydrogen-bond donors (Lipinski definition) is 1. The number of hydrogen-bond acceptors (Lipinski definition) is 1. The number of para-hydroxylation sites is 4. The van der Waals surface area contributed by atoms with Crippen LogP contribution in [0.3, 0.4) is 0 Å². The van der Waals surface area contributed by atoms with Crippen molar-refractivity contribution >= 4 is 39.1 Å². The molecule has 2 nitrogen and oxygen atoms in total. The van der Waals surface area contributed by atoms with Gasteiger partial charge in [-0.2, -0.15) is 0 Å².